The molecule has 2 heterocycles. The Kier molecular flexibility index (Phi) is 5.45. The summed E-state index contributed by atoms with van der Waals surface area (Å²) in [5.41, 5.74) is 3.38. The van der Waals surface area contributed by atoms with E-state index in [2.05, 4.69) is 40.8 Å². The van der Waals surface area contributed by atoms with E-state index in [0.717, 1.165) is 43.1 Å². The highest BCUT2D eigenvalue weighted by molar-refractivity contribution is 6.30. The number of ether oxygens (including phenoxy) is 1. The van der Waals surface area contributed by atoms with E-state index in [9.17, 15) is 5.11 Å². The van der Waals surface area contributed by atoms with Gasteiger partial charge in [-0.1, -0.05) is 17.7 Å². The first kappa shape index (κ1) is 18.0. The summed E-state index contributed by atoms with van der Waals surface area (Å²) in [4.78, 5) is 10.7. The van der Waals surface area contributed by atoms with Crippen molar-refractivity contribution in [2.45, 2.75) is 46.3 Å². The zero-order chi connectivity index (χ0) is 18.0. The summed E-state index contributed by atoms with van der Waals surface area (Å²) in [6.07, 6.45) is 2.04. The Bertz CT molecular complexity index is 759. The first-order valence-electron chi connectivity index (χ1n) is 8.60. The molecule has 0 radical (unpaired) electrons. The number of hydrogen-bond acceptors (Lipinski definition) is 5. The molecule has 0 spiro atoms. The van der Waals surface area contributed by atoms with Gasteiger partial charge in [0.15, 0.2) is 5.82 Å². The van der Waals surface area contributed by atoms with E-state index in [1.165, 1.54) is 11.1 Å². The highest BCUT2D eigenvalue weighted by atomic mass is 35.5. The number of halogens is 1. The van der Waals surface area contributed by atoms with Crippen molar-refractivity contribution in [2.75, 3.05) is 18.0 Å². The number of nitrogens with zero attached hydrogens (tertiary/aromatic N) is 3. The van der Waals surface area contributed by atoms with Crippen molar-refractivity contribution >= 4 is 17.4 Å². The molecule has 0 amide bonds. The van der Waals surface area contributed by atoms with Gasteiger partial charge in [-0.15, -0.1) is 0 Å². The van der Waals surface area contributed by atoms with Crippen LogP contribution in [0.15, 0.2) is 18.2 Å². The van der Waals surface area contributed by atoms with E-state index >= 15 is 0 Å². The van der Waals surface area contributed by atoms with Crippen molar-refractivity contribution in [3.8, 4) is 5.75 Å². The molecule has 5 nitrogen and oxygen atoms in total. The largest absolute Gasteiger partial charge is 0.490 e. The van der Waals surface area contributed by atoms with Crippen LogP contribution in [-0.4, -0.2) is 34.3 Å². The number of aromatic nitrogens is 2. The zero-order valence-corrected chi connectivity index (χ0v) is 15.7. The SMILES string of the molecule is Cc1ccc(OC2CCN(c3nc(CO)nc(Cl)c3C)CC2)cc1C. The molecule has 0 atom stereocenters. The molecule has 1 aliphatic heterocycles. The van der Waals surface area contributed by atoms with Crippen LogP contribution in [0.5, 0.6) is 5.75 Å². The van der Waals surface area contributed by atoms with Crippen LogP contribution in [0.1, 0.15) is 35.4 Å². The summed E-state index contributed by atoms with van der Waals surface area (Å²) in [5.74, 6) is 2.11. The summed E-state index contributed by atoms with van der Waals surface area (Å²) in [5, 5.41) is 9.71. The van der Waals surface area contributed by atoms with Crippen molar-refractivity contribution < 1.29 is 9.84 Å². The van der Waals surface area contributed by atoms with Crippen molar-refractivity contribution in [3.05, 3.63) is 45.9 Å². The molecule has 1 fully saturated rings. The second kappa shape index (κ2) is 7.58. The molecule has 0 aliphatic carbocycles. The first-order chi connectivity index (χ1) is 12.0. The molecule has 1 N–H and O–H groups in total. The molecule has 0 unspecified atom stereocenters. The van der Waals surface area contributed by atoms with Crippen LogP contribution in [0, 0.1) is 20.8 Å². The molecule has 25 heavy (non-hydrogen) atoms. The highest BCUT2D eigenvalue weighted by Crippen LogP contribution is 2.28. The fraction of sp³-hybridized carbons (Fsp3) is 0.474. The Morgan fingerprint density at radius 1 is 1.16 bits per heavy atom. The van der Waals surface area contributed by atoms with Gasteiger partial charge in [-0.05, 0) is 44.0 Å². The Morgan fingerprint density at radius 3 is 2.52 bits per heavy atom. The van der Waals surface area contributed by atoms with Crippen LogP contribution in [0.3, 0.4) is 0 Å². The standard InChI is InChI=1S/C19H24ClN3O2/c1-12-4-5-16(10-13(12)2)25-15-6-8-23(9-7-15)19-14(3)18(20)21-17(11-24)22-19/h4-5,10,15,24H,6-9,11H2,1-3H3. The highest BCUT2D eigenvalue weighted by Gasteiger charge is 2.24. The number of aliphatic hydroxyl groups excluding tert-OH is 1. The Labute approximate surface area is 153 Å². The van der Waals surface area contributed by atoms with Crippen LogP contribution in [-0.2, 0) is 6.61 Å². The van der Waals surface area contributed by atoms with E-state index in [1.807, 2.05) is 13.0 Å². The van der Waals surface area contributed by atoms with Gasteiger partial charge in [-0.3, -0.25) is 0 Å². The average molecular weight is 362 g/mol. The maximum atomic E-state index is 9.30. The van der Waals surface area contributed by atoms with Gasteiger partial charge >= 0.3 is 0 Å². The molecule has 0 bridgehead atoms. The van der Waals surface area contributed by atoms with Crippen LogP contribution >= 0.6 is 11.6 Å². The Balaban J connectivity index is 1.66. The van der Waals surface area contributed by atoms with Crippen LogP contribution in [0.2, 0.25) is 5.15 Å². The Morgan fingerprint density at radius 2 is 1.88 bits per heavy atom. The first-order valence-corrected chi connectivity index (χ1v) is 8.98. The van der Waals surface area contributed by atoms with Crippen LogP contribution in [0.4, 0.5) is 5.82 Å². The summed E-state index contributed by atoms with van der Waals surface area (Å²) in [6.45, 7) is 7.59. The van der Waals surface area contributed by atoms with E-state index in [0.29, 0.717) is 11.0 Å². The molecule has 1 aromatic carbocycles. The molecule has 6 heteroatoms. The molecule has 1 aliphatic rings. The summed E-state index contributed by atoms with van der Waals surface area (Å²) in [6, 6.07) is 6.24. The van der Waals surface area contributed by atoms with Crippen molar-refractivity contribution in [1.29, 1.82) is 0 Å². The maximum absolute atomic E-state index is 9.30. The number of aryl methyl sites for hydroxylation is 2. The molecule has 3 rings (SSSR count). The number of hydrogen-bond donors (Lipinski definition) is 1. The van der Waals surface area contributed by atoms with Gasteiger partial charge < -0.3 is 14.7 Å². The maximum Gasteiger partial charge on any atom is 0.157 e. The van der Waals surface area contributed by atoms with E-state index in [4.69, 9.17) is 16.3 Å². The predicted molar refractivity (Wildman–Crippen MR) is 99.5 cm³/mol. The minimum Gasteiger partial charge on any atom is -0.490 e. The van der Waals surface area contributed by atoms with Crippen LogP contribution < -0.4 is 9.64 Å². The fourth-order valence-electron chi connectivity index (χ4n) is 3.06. The van der Waals surface area contributed by atoms with Gasteiger partial charge in [-0.25, -0.2) is 9.97 Å². The third-order valence-corrected chi connectivity index (χ3v) is 5.14. The predicted octanol–water partition coefficient (Wildman–Crippen LogP) is 3.60. The third kappa shape index (κ3) is 4.05. The minimum absolute atomic E-state index is 0.202. The van der Waals surface area contributed by atoms with Gasteiger partial charge in [0.25, 0.3) is 0 Å². The molecular formula is C19H24ClN3O2. The lowest BCUT2D eigenvalue weighted by Gasteiger charge is -2.34. The van der Waals surface area contributed by atoms with E-state index < -0.39 is 0 Å². The zero-order valence-electron chi connectivity index (χ0n) is 14.9. The number of benzene rings is 1. The second-order valence-electron chi connectivity index (χ2n) is 6.59. The lowest BCUT2D eigenvalue weighted by atomic mass is 10.1. The minimum atomic E-state index is -0.209. The second-order valence-corrected chi connectivity index (χ2v) is 6.95. The van der Waals surface area contributed by atoms with Gasteiger partial charge in [0.05, 0.1) is 0 Å². The fourth-order valence-corrected chi connectivity index (χ4v) is 3.25. The van der Waals surface area contributed by atoms with Gasteiger partial charge in [0.2, 0.25) is 0 Å². The average Bonchev–Trinajstić information content (AvgIpc) is 2.61. The van der Waals surface area contributed by atoms with Gasteiger partial charge in [0, 0.05) is 31.5 Å². The molecular weight excluding hydrogens is 338 g/mol. The number of aliphatic hydroxyl groups is 1. The van der Waals surface area contributed by atoms with Crippen LogP contribution in [0.25, 0.3) is 0 Å². The number of rotatable bonds is 4. The lowest BCUT2D eigenvalue weighted by Crippen LogP contribution is -2.39. The van der Waals surface area contributed by atoms with E-state index in [1.54, 1.807) is 0 Å². The van der Waals surface area contributed by atoms with E-state index in [-0.39, 0.29) is 12.7 Å². The third-order valence-electron chi connectivity index (χ3n) is 4.77. The molecule has 1 aromatic heterocycles. The molecule has 1 saturated heterocycles. The molecule has 2 aromatic rings. The Hall–Kier alpha value is -1.85. The summed E-state index contributed by atoms with van der Waals surface area (Å²) < 4.78 is 6.15. The number of piperidine rings is 1. The molecule has 134 valence electrons. The summed E-state index contributed by atoms with van der Waals surface area (Å²) >= 11 is 6.17. The van der Waals surface area contributed by atoms with Crippen molar-refractivity contribution in [3.63, 3.8) is 0 Å². The number of anilines is 1. The smallest absolute Gasteiger partial charge is 0.157 e. The normalized spacial score (nSPS) is 15.5. The summed E-state index contributed by atoms with van der Waals surface area (Å²) in [7, 11) is 0. The topological polar surface area (TPSA) is 58.5 Å². The van der Waals surface area contributed by atoms with Crippen molar-refractivity contribution in [1.82, 2.24) is 9.97 Å². The van der Waals surface area contributed by atoms with Gasteiger partial charge in [-0.2, -0.15) is 0 Å². The molecule has 0 saturated carbocycles. The monoisotopic (exact) mass is 361 g/mol. The quantitative estimate of drug-likeness (QED) is 0.843. The lowest BCUT2D eigenvalue weighted by molar-refractivity contribution is 0.170. The van der Waals surface area contributed by atoms with Crippen molar-refractivity contribution in [2.24, 2.45) is 0 Å². The van der Waals surface area contributed by atoms with Gasteiger partial charge in [0.1, 0.15) is 29.4 Å².